The molecule has 2 nitrogen and oxygen atoms in total. The van der Waals surface area contributed by atoms with Gasteiger partial charge in [0.05, 0.1) is 5.71 Å². The number of hydrogen-bond acceptors (Lipinski definition) is 2. The molecule has 3 heteroatoms. The van der Waals surface area contributed by atoms with Gasteiger partial charge in [0.15, 0.2) is 0 Å². The maximum Gasteiger partial charge on any atom is 0.128 e. The van der Waals surface area contributed by atoms with Crippen LogP contribution in [0.5, 0.6) is 0 Å². The van der Waals surface area contributed by atoms with E-state index in [1.54, 1.807) is 0 Å². The van der Waals surface area contributed by atoms with E-state index in [2.05, 4.69) is 5.16 Å². The molecular formula is C9H14ClNO. The van der Waals surface area contributed by atoms with E-state index in [0.717, 1.165) is 19.4 Å². The maximum atomic E-state index is 5.87. The highest BCUT2D eigenvalue weighted by Crippen LogP contribution is 2.51. The van der Waals surface area contributed by atoms with Crippen molar-refractivity contribution in [3.05, 3.63) is 0 Å². The first kappa shape index (κ1) is 8.36. The first-order valence-electron chi connectivity index (χ1n) is 4.56. The molecule has 1 heterocycles. The van der Waals surface area contributed by atoms with Crippen LogP contribution in [0.4, 0.5) is 0 Å². The van der Waals surface area contributed by atoms with Crippen LogP contribution in [0.2, 0.25) is 0 Å². The van der Waals surface area contributed by atoms with Gasteiger partial charge in [0.1, 0.15) is 6.61 Å². The molecule has 2 rings (SSSR count). The Kier molecular flexibility index (Phi) is 2.03. The predicted molar refractivity (Wildman–Crippen MR) is 49.6 cm³/mol. The summed E-state index contributed by atoms with van der Waals surface area (Å²) in [5, 5.41) is 4.33. The lowest BCUT2D eigenvalue weighted by molar-refractivity contribution is 0.149. The van der Waals surface area contributed by atoms with Crippen molar-refractivity contribution in [2.45, 2.75) is 38.0 Å². The van der Waals surface area contributed by atoms with Gasteiger partial charge in [-0.15, -0.1) is 11.6 Å². The number of rotatable bonds is 3. The molecule has 1 unspecified atom stereocenters. The van der Waals surface area contributed by atoms with Crippen LogP contribution in [0.3, 0.4) is 0 Å². The molecule has 0 aromatic rings. The van der Waals surface area contributed by atoms with Gasteiger partial charge < -0.3 is 4.84 Å². The van der Waals surface area contributed by atoms with Crippen LogP contribution in [0, 0.1) is 5.41 Å². The lowest BCUT2D eigenvalue weighted by Crippen LogP contribution is -2.14. The molecule has 0 saturated heterocycles. The van der Waals surface area contributed by atoms with E-state index in [1.807, 2.05) is 6.92 Å². The lowest BCUT2D eigenvalue weighted by Gasteiger charge is -2.07. The van der Waals surface area contributed by atoms with Gasteiger partial charge in [-0.2, -0.15) is 0 Å². The molecule has 1 spiro atoms. The van der Waals surface area contributed by atoms with E-state index in [4.69, 9.17) is 16.4 Å². The summed E-state index contributed by atoms with van der Waals surface area (Å²) in [7, 11) is 0. The van der Waals surface area contributed by atoms with E-state index in [0.29, 0.717) is 5.41 Å². The summed E-state index contributed by atoms with van der Waals surface area (Å²) in [4.78, 5) is 5.11. The minimum atomic E-state index is 0.254. The molecule has 0 aromatic carbocycles. The summed E-state index contributed by atoms with van der Waals surface area (Å²) in [6.07, 6.45) is 4.57. The summed E-state index contributed by atoms with van der Waals surface area (Å²) in [6.45, 7) is 2.84. The molecule has 0 bridgehead atoms. The van der Waals surface area contributed by atoms with Gasteiger partial charge in [0.2, 0.25) is 0 Å². The Morgan fingerprint density at radius 2 is 2.42 bits per heavy atom. The first-order valence-corrected chi connectivity index (χ1v) is 5.00. The molecule has 1 aliphatic heterocycles. The Balaban J connectivity index is 1.87. The number of hydrogen-bond donors (Lipinski definition) is 0. The quantitative estimate of drug-likeness (QED) is 0.623. The highest BCUT2D eigenvalue weighted by Gasteiger charge is 2.51. The molecule has 2 aliphatic rings. The molecule has 1 aliphatic carbocycles. The Morgan fingerprint density at radius 1 is 1.67 bits per heavy atom. The molecule has 0 N–H and O–H groups in total. The van der Waals surface area contributed by atoms with Crippen LogP contribution in [0.1, 0.15) is 32.6 Å². The van der Waals surface area contributed by atoms with E-state index < -0.39 is 0 Å². The molecule has 68 valence electrons. The number of nitrogens with zero attached hydrogens (tertiary/aromatic N) is 1. The Labute approximate surface area is 77.9 Å². The summed E-state index contributed by atoms with van der Waals surface area (Å²) in [5.74, 6) is 0. The summed E-state index contributed by atoms with van der Waals surface area (Å²) >= 11 is 5.87. The molecule has 1 fully saturated rings. The van der Waals surface area contributed by atoms with Crippen molar-refractivity contribution >= 4 is 17.3 Å². The summed E-state index contributed by atoms with van der Waals surface area (Å²) in [6, 6.07) is 0. The van der Waals surface area contributed by atoms with Crippen LogP contribution in [0.15, 0.2) is 5.16 Å². The van der Waals surface area contributed by atoms with Crippen molar-refractivity contribution in [1.82, 2.24) is 0 Å². The molecule has 0 radical (unpaired) electrons. The normalized spacial score (nSPS) is 26.7. The van der Waals surface area contributed by atoms with Gasteiger partial charge in [-0.1, -0.05) is 5.16 Å². The van der Waals surface area contributed by atoms with E-state index >= 15 is 0 Å². The van der Waals surface area contributed by atoms with Gasteiger partial charge in [-0.3, -0.25) is 0 Å². The standard InChI is InChI=1S/C9H14ClNO/c1-7(10)2-3-8-9(4-5-9)6-12-11-8/h7H,2-6H2,1H3. The van der Waals surface area contributed by atoms with Gasteiger partial charge in [-0.25, -0.2) is 0 Å². The van der Waals surface area contributed by atoms with Crippen LogP contribution >= 0.6 is 11.6 Å². The zero-order valence-corrected chi connectivity index (χ0v) is 8.10. The van der Waals surface area contributed by atoms with Crippen LogP contribution < -0.4 is 0 Å². The van der Waals surface area contributed by atoms with Gasteiger partial charge in [0, 0.05) is 10.8 Å². The van der Waals surface area contributed by atoms with Crippen molar-refractivity contribution in [3.63, 3.8) is 0 Å². The molecule has 1 saturated carbocycles. The Bertz CT molecular complexity index is 209. The smallest absolute Gasteiger partial charge is 0.128 e. The van der Waals surface area contributed by atoms with Crippen molar-refractivity contribution in [2.75, 3.05) is 6.61 Å². The average Bonchev–Trinajstić information content (AvgIpc) is 2.62. The SMILES string of the molecule is CC(Cl)CCC1=NOCC12CC2. The summed E-state index contributed by atoms with van der Waals surface area (Å²) in [5.41, 5.74) is 1.63. The van der Waals surface area contributed by atoms with Gasteiger partial charge in [-0.05, 0) is 32.6 Å². The van der Waals surface area contributed by atoms with Crippen molar-refractivity contribution < 1.29 is 4.84 Å². The van der Waals surface area contributed by atoms with Gasteiger partial charge in [0.25, 0.3) is 0 Å². The fraction of sp³-hybridized carbons (Fsp3) is 0.889. The zero-order chi connectivity index (χ0) is 8.60. The number of halogens is 1. The molecule has 1 atom stereocenters. The zero-order valence-electron chi connectivity index (χ0n) is 7.35. The minimum Gasteiger partial charge on any atom is -0.395 e. The second kappa shape index (κ2) is 2.91. The van der Waals surface area contributed by atoms with Gasteiger partial charge >= 0.3 is 0 Å². The lowest BCUT2D eigenvalue weighted by atomic mass is 9.97. The highest BCUT2D eigenvalue weighted by atomic mass is 35.5. The molecule has 12 heavy (non-hydrogen) atoms. The van der Waals surface area contributed by atoms with Crippen molar-refractivity contribution in [1.29, 1.82) is 0 Å². The van der Waals surface area contributed by atoms with Crippen molar-refractivity contribution in [2.24, 2.45) is 10.6 Å². The fourth-order valence-corrected chi connectivity index (χ4v) is 1.75. The fourth-order valence-electron chi connectivity index (χ4n) is 1.64. The van der Waals surface area contributed by atoms with Crippen molar-refractivity contribution in [3.8, 4) is 0 Å². The third-order valence-corrected chi connectivity index (χ3v) is 2.98. The third kappa shape index (κ3) is 1.45. The Morgan fingerprint density at radius 3 is 3.00 bits per heavy atom. The third-order valence-electron chi connectivity index (χ3n) is 2.76. The predicted octanol–water partition coefficient (Wildman–Crippen LogP) is 2.56. The molecular weight excluding hydrogens is 174 g/mol. The monoisotopic (exact) mass is 187 g/mol. The topological polar surface area (TPSA) is 21.6 Å². The second-order valence-electron chi connectivity index (χ2n) is 3.91. The molecule has 0 amide bonds. The largest absolute Gasteiger partial charge is 0.395 e. The van der Waals surface area contributed by atoms with E-state index in [9.17, 15) is 0 Å². The van der Waals surface area contributed by atoms with E-state index in [1.165, 1.54) is 18.6 Å². The minimum absolute atomic E-state index is 0.254. The average molecular weight is 188 g/mol. The maximum absolute atomic E-state index is 5.87. The number of oxime groups is 1. The van der Waals surface area contributed by atoms with Crippen LogP contribution in [0.25, 0.3) is 0 Å². The van der Waals surface area contributed by atoms with Crippen LogP contribution in [-0.2, 0) is 4.84 Å². The second-order valence-corrected chi connectivity index (χ2v) is 4.66. The number of alkyl halides is 1. The summed E-state index contributed by atoms with van der Waals surface area (Å²) < 4.78 is 0. The molecule has 0 aromatic heterocycles. The highest BCUT2D eigenvalue weighted by molar-refractivity contribution is 6.20. The Hall–Kier alpha value is -0.240. The van der Waals surface area contributed by atoms with E-state index in [-0.39, 0.29) is 5.38 Å². The first-order chi connectivity index (χ1) is 5.73. The van der Waals surface area contributed by atoms with Crippen LogP contribution in [-0.4, -0.2) is 17.7 Å².